The van der Waals surface area contributed by atoms with Crippen molar-refractivity contribution >= 4 is 23.1 Å². The molecule has 0 aromatic heterocycles. The number of nitrogens with two attached hydrogens (primary N) is 1. The summed E-state index contributed by atoms with van der Waals surface area (Å²) in [6.45, 7) is 1.20. The van der Waals surface area contributed by atoms with Crippen LogP contribution in [0.2, 0.25) is 5.02 Å². The first-order chi connectivity index (χ1) is 6.75. The number of ketones is 1. The zero-order chi connectivity index (χ0) is 11.8. The fraction of sp³-hybridized carbons (Fsp3) is 0.222. The van der Waals surface area contributed by atoms with Crippen molar-refractivity contribution in [1.29, 1.82) is 0 Å². The van der Waals surface area contributed by atoms with E-state index in [-0.39, 0.29) is 11.3 Å². The number of nitrogen functional groups attached to an aromatic ring is 1. The van der Waals surface area contributed by atoms with Crippen LogP contribution in [0.5, 0.6) is 0 Å². The molecule has 0 fully saturated rings. The molecule has 2 nitrogen and oxygen atoms in total. The summed E-state index contributed by atoms with van der Waals surface area (Å²) >= 11 is 5.43. The molecule has 1 aromatic carbocycles. The van der Waals surface area contributed by atoms with Crippen molar-refractivity contribution in [3.05, 3.63) is 28.3 Å². The lowest BCUT2D eigenvalue weighted by molar-refractivity contribution is -0.137. The number of hydrogen-bond donors (Lipinski definition) is 1. The van der Waals surface area contributed by atoms with Crippen LogP contribution >= 0.6 is 11.6 Å². The Bertz CT molecular complexity index is 415. The monoisotopic (exact) mass is 237 g/mol. The van der Waals surface area contributed by atoms with Crippen molar-refractivity contribution in [3.8, 4) is 0 Å². The van der Waals surface area contributed by atoms with Crippen molar-refractivity contribution in [1.82, 2.24) is 0 Å². The highest BCUT2D eigenvalue weighted by Crippen LogP contribution is 2.38. The van der Waals surface area contributed by atoms with Crippen molar-refractivity contribution in [2.24, 2.45) is 0 Å². The van der Waals surface area contributed by atoms with E-state index < -0.39 is 22.5 Å². The van der Waals surface area contributed by atoms with E-state index in [0.29, 0.717) is 0 Å². The van der Waals surface area contributed by atoms with E-state index in [1.54, 1.807) is 0 Å². The molecule has 0 aliphatic carbocycles. The fourth-order valence-corrected chi connectivity index (χ4v) is 1.39. The third-order valence-corrected chi connectivity index (χ3v) is 2.27. The van der Waals surface area contributed by atoms with Gasteiger partial charge in [0, 0.05) is 5.56 Å². The van der Waals surface area contributed by atoms with E-state index in [2.05, 4.69) is 0 Å². The number of halogens is 4. The summed E-state index contributed by atoms with van der Waals surface area (Å²) in [7, 11) is 0. The second-order valence-electron chi connectivity index (χ2n) is 2.94. The molecule has 0 saturated heterocycles. The molecule has 0 saturated carbocycles. The Hall–Kier alpha value is -1.23. The van der Waals surface area contributed by atoms with Crippen molar-refractivity contribution in [2.75, 3.05) is 5.73 Å². The third kappa shape index (κ3) is 2.23. The van der Waals surface area contributed by atoms with Gasteiger partial charge in [-0.15, -0.1) is 0 Å². The van der Waals surface area contributed by atoms with Crippen LogP contribution in [0.25, 0.3) is 0 Å². The van der Waals surface area contributed by atoms with E-state index in [4.69, 9.17) is 17.3 Å². The van der Waals surface area contributed by atoms with E-state index in [9.17, 15) is 18.0 Å². The van der Waals surface area contributed by atoms with Gasteiger partial charge in [-0.1, -0.05) is 11.6 Å². The van der Waals surface area contributed by atoms with Gasteiger partial charge in [-0.25, -0.2) is 0 Å². The van der Waals surface area contributed by atoms with Gasteiger partial charge in [0.05, 0.1) is 16.3 Å². The second kappa shape index (κ2) is 3.73. The van der Waals surface area contributed by atoms with Crippen LogP contribution in [0.15, 0.2) is 12.1 Å². The second-order valence-corrected chi connectivity index (χ2v) is 3.32. The lowest BCUT2D eigenvalue weighted by Crippen LogP contribution is -2.09. The van der Waals surface area contributed by atoms with Gasteiger partial charge >= 0.3 is 6.18 Å². The van der Waals surface area contributed by atoms with Crippen LogP contribution in [-0.4, -0.2) is 5.78 Å². The number of rotatable bonds is 1. The maximum atomic E-state index is 12.3. The summed E-state index contributed by atoms with van der Waals surface area (Å²) in [5.74, 6) is -0.428. The summed E-state index contributed by atoms with van der Waals surface area (Å²) in [5, 5.41) is -0.629. The van der Waals surface area contributed by atoms with E-state index in [0.717, 1.165) is 12.1 Å². The minimum atomic E-state index is -4.57. The molecule has 0 aliphatic rings. The van der Waals surface area contributed by atoms with Crippen LogP contribution in [0.3, 0.4) is 0 Å². The third-order valence-electron chi connectivity index (χ3n) is 1.86. The number of Topliss-reactive ketones (excluding diaryl/α,β-unsaturated/α-hetero) is 1. The Morgan fingerprint density at radius 3 is 2.33 bits per heavy atom. The molecule has 0 bridgehead atoms. The maximum Gasteiger partial charge on any atom is 0.417 e. The first kappa shape index (κ1) is 11.8. The molecule has 0 heterocycles. The maximum absolute atomic E-state index is 12.3. The highest BCUT2D eigenvalue weighted by Gasteiger charge is 2.34. The smallest absolute Gasteiger partial charge is 0.397 e. The van der Waals surface area contributed by atoms with Crippen LogP contribution in [-0.2, 0) is 6.18 Å². The number of carbonyl (C=O) groups is 1. The molecule has 0 aliphatic heterocycles. The van der Waals surface area contributed by atoms with Crippen molar-refractivity contribution in [2.45, 2.75) is 13.1 Å². The molecule has 0 radical (unpaired) electrons. The molecule has 15 heavy (non-hydrogen) atoms. The average molecular weight is 238 g/mol. The quantitative estimate of drug-likeness (QED) is 0.602. The molecule has 82 valence electrons. The minimum Gasteiger partial charge on any atom is -0.397 e. The lowest BCUT2D eigenvalue weighted by atomic mass is 10.1. The number of anilines is 1. The Morgan fingerprint density at radius 1 is 1.40 bits per heavy atom. The topological polar surface area (TPSA) is 43.1 Å². The molecule has 0 unspecified atom stereocenters. The molecule has 6 heteroatoms. The predicted molar refractivity (Wildman–Crippen MR) is 50.9 cm³/mol. The molecule has 2 N–H and O–H groups in total. The van der Waals surface area contributed by atoms with Gasteiger partial charge in [-0.2, -0.15) is 13.2 Å². The van der Waals surface area contributed by atoms with Gasteiger partial charge in [0.2, 0.25) is 0 Å². The number of carbonyl (C=O) groups excluding carboxylic acids is 1. The summed E-state index contributed by atoms with van der Waals surface area (Å²) in [5.41, 5.74) is 3.95. The van der Waals surface area contributed by atoms with Gasteiger partial charge in [0.25, 0.3) is 0 Å². The van der Waals surface area contributed by atoms with Crippen LogP contribution in [0.1, 0.15) is 22.8 Å². The minimum absolute atomic E-state index is 0.00648. The van der Waals surface area contributed by atoms with Crippen molar-refractivity contribution in [3.63, 3.8) is 0 Å². The van der Waals surface area contributed by atoms with E-state index >= 15 is 0 Å². The van der Waals surface area contributed by atoms with E-state index in [1.807, 2.05) is 0 Å². The zero-order valence-electron chi connectivity index (χ0n) is 7.65. The predicted octanol–water partition coefficient (Wildman–Crippen LogP) is 3.14. The number of benzene rings is 1. The summed E-state index contributed by atoms with van der Waals surface area (Å²) in [4.78, 5) is 11.0. The summed E-state index contributed by atoms with van der Waals surface area (Å²) < 4.78 is 37.0. The molecular formula is C9H7ClF3NO. The Kier molecular flexibility index (Phi) is 2.95. The first-order valence-corrected chi connectivity index (χ1v) is 4.29. The van der Waals surface area contributed by atoms with Gasteiger partial charge in [0.1, 0.15) is 0 Å². The van der Waals surface area contributed by atoms with Gasteiger partial charge in [-0.05, 0) is 19.1 Å². The Labute approximate surface area is 88.8 Å². The van der Waals surface area contributed by atoms with Gasteiger partial charge in [-0.3, -0.25) is 4.79 Å². The number of alkyl halides is 3. The van der Waals surface area contributed by atoms with Gasteiger partial charge < -0.3 is 5.73 Å². The highest BCUT2D eigenvalue weighted by atomic mass is 35.5. The standard InChI is InChI=1S/C9H7ClF3NO/c1-4(15)5-2-3-6(9(11,12)13)7(10)8(5)14/h2-3H,14H2,1H3. The Balaban J connectivity index is 3.41. The molecule has 0 spiro atoms. The number of hydrogen-bond acceptors (Lipinski definition) is 2. The Morgan fingerprint density at radius 2 is 1.93 bits per heavy atom. The van der Waals surface area contributed by atoms with E-state index in [1.165, 1.54) is 6.92 Å². The normalized spacial score (nSPS) is 11.5. The zero-order valence-corrected chi connectivity index (χ0v) is 8.41. The largest absolute Gasteiger partial charge is 0.417 e. The molecule has 0 atom stereocenters. The molecule has 1 rings (SSSR count). The fourth-order valence-electron chi connectivity index (χ4n) is 1.12. The summed E-state index contributed by atoms with van der Waals surface area (Å²) in [6, 6.07) is 1.77. The van der Waals surface area contributed by atoms with Crippen LogP contribution < -0.4 is 5.73 Å². The van der Waals surface area contributed by atoms with Crippen molar-refractivity contribution < 1.29 is 18.0 Å². The van der Waals surface area contributed by atoms with Crippen LogP contribution in [0, 0.1) is 0 Å². The SMILES string of the molecule is CC(=O)c1ccc(C(F)(F)F)c(Cl)c1N. The lowest BCUT2D eigenvalue weighted by Gasteiger charge is -2.12. The van der Waals surface area contributed by atoms with Crippen LogP contribution in [0.4, 0.5) is 18.9 Å². The summed E-state index contributed by atoms with van der Waals surface area (Å²) in [6.07, 6.45) is -4.57. The molecular weight excluding hydrogens is 231 g/mol. The molecule has 0 amide bonds. The first-order valence-electron chi connectivity index (χ1n) is 3.91. The highest BCUT2D eigenvalue weighted by molar-refractivity contribution is 6.34. The molecule has 1 aromatic rings. The average Bonchev–Trinajstić information content (AvgIpc) is 2.06. The van der Waals surface area contributed by atoms with Gasteiger partial charge in [0.15, 0.2) is 5.78 Å².